The van der Waals surface area contributed by atoms with Crippen LogP contribution in [0.1, 0.15) is 11.1 Å². The monoisotopic (exact) mass is 365 g/mol. The molecule has 1 aliphatic rings. The van der Waals surface area contributed by atoms with Gasteiger partial charge in [-0.2, -0.15) is 0 Å². The first-order chi connectivity index (χ1) is 10.1. The maximum Gasteiger partial charge on any atom is 0.162 e. The second kappa shape index (κ2) is 6.20. The summed E-state index contributed by atoms with van der Waals surface area (Å²) in [5, 5.41) is 0. The molecule has 21 heavy (non-hydrogen) atoms. The second-order valence-corrected chi connectivity index (χ2v) is 6.79. The van der Waals surface area contributed by atoms with Crippen molar-refractivity contribution in [1.82, 2.24) is 0 Å². The van der Waals surface area contributed by atoms with Gasteiger partial charge in [-0.1, -0.05) is 22.0 Å². The number of anilines is 1. The summed E-state index contributed by atoms with van der Waals surface area (Å²) >= 11 is 5.33. The SMILES string of the molecule is Cc1ccc(N)c(SCc2cc3c(cc2Br)OCCO3)c1. The fourth-order valence-corrected chi connectivity index (χ4v) is 3.84. The van der Waals surface area contributed by atoms with E-state index in [0.29, 0.717) is 13.2 Å². The molecular formula is C16H16BrNO2S. The van der Waals surface area contributed by atoms with Crippen molar-refractivity contribution in [1.29, 1.82) is 0 Å². The molecule has 110 valence electrons. The zero-order valence-corrected chi connectivity index (χ0v) is 14.1. The molecule has 0 bridgehead atoms. The molecular weight excluding hydrogens is 350 g/mol. The van der Waals surface area contributed by atoms with Crippen molar-refractivity contribution in [3.63, 3.8) is 0 Å². The van der Waals surface area contributed by atoms with E-state index in [0.717, 1.165) is 32.3 Å². The number of ether oxygens (including phenoxy) is 2. The van der Waals surface area contributed by atoms with Crippen molar-refractivity contribution in [2.24, 2.45) is 0 Å². The Labute approximate surface area is 137 Å². The zero-order chi connectivity index (χ0) is 14.8. The number of fused-ring (bicyclic) bond motifs is 1. The van der Waals surface area contributed by atoms with Crippen LogP contribution in [0.5, 0.6) is 11.5 Å². The number of nitrogen functional groups attached to an aromatic ring is 1. The molecule has 0 aliphatic carbocycles. The largest absolute Gasteiger partial charge is 0.486 e. The maximum atomic E-state index is 6.03. The minimum Gasteiger partial charge on any atom is -0.486 e. The molecule has 0 spiro atoms. The Bertz CT molecular complexity index is 676. The standard InChI is InChI=1S/C16H16BrNO2S/c1-10-2-3-13(18)16(6-10)21-9-11-7-14-15(8-12(11)17)20-5-4-19-14/h2-3,6-8H,4-5,9,18H2,1H3. The lowest BCUT2D eigenvalue weighted by molar-refractivity contribution is 0.171. The van der Waals surface area contributed by atoms with E-state index in [9.17, 15) is 0 Å². The van der Waals surface area contributed by atoms with Crippen LogP contribution in [0, 0.1) is 6.92 Å². The average Bonchev–Trinajstić information content (AvgIpc) is 2.48. The minimum atomic E-state index is 0.603. The molecule has 0 saturated heterocycles. The van der Waals surface area contributed by atoms with Crippen LogP contribution in [-0.2, 0) is 5.75 Å². The fraction of sp³-hybridized carbons (Fsp3) is 0.250. The maximum absolute atomic E-state index is 6.03. The minimum absolute atomic E-state index is 0.603. The van der Waals surface area contributed by atoms with Crippen molar-refractivity contribution in [3.05, 3.63) is 45.9 Å². The van der Waals surface area contributed by atoms with Crippen LogP contribution in [0.15, 0.2) is 39.7 Å². The quantitative estimate of drug-likeness (QED) is 0.646. The lowest BCUT2D eigenvalue weighted by atomic mass is 10.2. The number of halogens is 1. The summed E-state index contributed by atoms with van der Waals surface area (Å²) < 4.78 is 12.2. The van der Waals surface area contributed by atoms with Crippen molar-refractivity contribution >= 4 is 33.4 Å². The van der Waals surface area contributed by atoms with Crippen molar-refractivity contribution in [3.8, 4) is 11.5 Å². The third-order valence-electron chi connectivity index (χ3n) is 3.26. The molecule has 2 aromatic carbocycles. The summed E-state index contributed by atoms with van der Waals surface area (Å²) in [6.07, 6.45) is 0. The Morgan fingerprint density at radius 1 is 1.14 bits per heavy atom. The molecule has 0 aromatic heterocycles. The number of rotatable bonds is 3. The summed E-state index contributed by atoms with van der Waals surface area (Å²) in [6, 6.07) is 10.1. The highest BCUT2D eigenvalue weighted by Gasteiger charge is 2.15. The van der Waals surface area contributed by atoms with E-state index in [1.54, 1.807) is 11.8 Å². The van der Waals surface area contributed by atoms with Gasteiger partial charge in [0.15, 0.2) is 11.5 Å². The zero-order valence-electron chi connectivity index (χ0n) is 11.7. The molecule has 5 heteroatoms. The van der Waals surface area contributed by atoms with Gasteiger partial charge in [0.05, 0.1) is 0 Å². The van der Waals surface area contributed by atoms with Crippen molar-refractivity contribution in [2.45, 2.75) is 17.6 Å². The number of hydrogen-bond acceptors (Lipinski definition) is 4. The Morgan fingerprint density at radius 3 is 2.62 bits per heavy atom. The number of hydrogen-bond donors (Lipinski definition) is 1. The normalized spacial score (nSPS) is 13.2. The predicted octanol–water partition coefficient (Wildman–Crippen LogP) is 4.40. The molecule has 2 aromatic rings. The van der Waals surface area contributed by atoms with E-state index in [4.69, 9.17) is 15.2 Å². The van der Waals surface area contributed by atoms with Crippen LogP contribution in [-0.4, -0.2) is 13.2 Å². The van der Waals surface area contributed by atoms with Gasteiger partial charge in [-0.3, -0.25) is 0 Å². The lowest BCUT2D eigenvalue weighted by Crippen LogP contribution is -2.15. The van der Waals surface area contributed by atoms with Gasteiger partial charge >= 0.3 is 0 Å². The number of nitrogens with two attached hydrogens (primary N) is 1. The van der Waals surface area contributed by atoms with E-state index in [2.05, 4.69) is 28.9 Å². The average molecular weight is 366 g/mol. The van der Waals surface area contributed by atoms with Crippen molar-refractivity contribution < 1.29 is 9.47 Å². The highest BCUT2D eigenvalue weighted by molar-refractivity contribution is 9.10. The topological polar surface area (TPSA) is 44.5 Å². The van der Waals surface area contributed by atoms with Gasteiger partial charge in [-0.25, -0.2) is 0 Å². The van der Waals surface area contributed by atoms with E-state index < -0.39 is 0 Å². The lowest BCUT2D eigenvalue weighted by Gasteiger charge is -2.20. The molecule has 3 rings (SSSR count). The molecule has 1 aliphatic heterocycles. The third-order valence-corrected chi connectivity index (χ3v) is 5.12. The fourth-order valence-electron chi connectivity index (χ4n) is 2.14. The van der Waals surface area contributed by atoms with Crippen LogP contribution in [0.25, 0.3) is 0 Å². The van der Waals surface area contributed by atoms with Gasteiger partial charge in [0.2, 0.25) is 0 Å². The number of thioether (sulfide) groups is 1. The first-order valence-electron chi connectivity index (χ1n) is 6.70. The summed E-state index contributed by atoms with van der Waals surface area (Å²) in [5.41, 5.74) is 9.23. The number of benzene rings is 2. The van der Waals surface area contributed by atoms with E-state index in [-0.39, 0.29) is 0 Å². The molecule has 0 atom stereocenters. The molecule has 1 heterocycles. The highest BCUT2D eigenvalue weighted by atomic mass is 79.9. The highest BCUT2D eigenvalue weighted by Crippen LogP contribution is 2.38. The third kappa shape index (κ3) is 3.30. The molecule has 2 N–H and O–H groups in total. The molecule has 0 radical (unpaired) electrons. The molecule has 3 nitrogen and oxygen atoms in total. The molecule has 0 amide bonds. The summed E-state index contributed by atoms with van der Waals surface area (Å²) in [5.74, 6) is 2.44. The Kier molecular flexibility index (Phi) is 4.31. The van der Waals surface area contributed by atoms with Crippen LogP contribution in [0.2, 0.25) is 0 Å². The van der Waals surface area contributed by atoms with Gasteiger partial charge < -0.3 is 15.2 Å². The van der Waals surface area contributed by atoms with Gasteiger partial charge in [0, 0.05) is 20.8 Å². The van der Waals surface area contributed by atoms with E-state index in [1.165, 1.54) is 11.1 Å². The second-order valence-electron chi connectivity index (χ2n) is 4.92. The van der Waals surface area contributed by atoms with Gasteiger partial charge in [0.1, 0.15) is 13.2 Å². The van der Waals surface area contributed by atoms with Crippen LogP contribution >= 0.6 is 27.7 Å². The Morgan fingerprint density at radius 2 is 1.86 bits per heavy atom. The Balaban J connectivity index is 1.80. The van der Waals surface area contributed by atoms with Crippen molar-refractivity contribution in [2.75, 3.05) is 18.9 Å². The van der Waals surface area contributed by atoms with E-state index in [1.807, 2.05) is 24.3 Å². The number of aryl methyl sites for hydroxylation is 1. The molecule has 0 fully saturated rings. The predicted molar refractivity (Wildman–Crippen MR) is 90.3 cm³/mol. The summed E-state index contributed by atoms with van der Waals surface area (Å²) in [4.78, 5) is 1.11. The van der Waals surface area contributed by atoms with Gasteiger partial charge in [-0.15, -0.1) is 11.8 Å². The first-order valence-corrected chi connectivity index (χ1v) is 8.48. The van der Waals surface area contributed by atoms with E-state index >= 15 is 0 Å². The Hall–Kier alpha value is -1.33. The summed E-state index contributed by atoms with van der Waals surface area (Å²) in [7, 11) is 0. The smallest absolute Gasteiger partial charge is 0.162 e. The van der Waals surface area contributed by atoms with Crippen LogP contribution in [0.3, 0.4) is 0 Å². The first kappa shape index (κ1) is 14.6. The van der Waals surface area contributed by atoms with Gasteiger partial charge in [-0.05, 0) is 42.3 Å². The van der Waals surface area contributed by atoms with Crippen LogP contribution in [0.4, 0.5) is 5.69 Å². The molecule has 0 unspecified atom stereocenters. The summed E-state index contributed by atoms with van der Waals surface area (Å²) in [6.45, 7) is 3.28. The van der Waals surface area contributed by atoms with Crippen LogP contribution < -0.4 is 15.2 Å². The van der Waals surface area contributed by atoms with Gasteiger partial charge in [0.25, 0.3) is 0 Å². The molecule has 0 saturated carbocycles.